The minimum atomic E-state index is -0.783. The van der Waals surface area contributed by atoms with Crippen LogP contribution in [-0.4, -0.2) is 15.1 Å². The van der Waals surface area contributed by atoms with E-state index in [0.29, 0.717) is 16.5 Å². The molecule has 0 amide bonds. The lowest BCUT2D eigenvalue weighted by atomic mass is 10.0. The van der Waals surface area contributed by atoms with E-state index in [1.807, 2.05) is 30.3 Å². The molecule has 0 bridgehead atoms. The van der Waals surface area contributed by atoms with E-state index in [2.05, 4.69) is 9.97 Å². The first-order chi connectivity index (χ1) is 7.68. The molecule has 16 heavy (non-hydrogen) atoms. The van der Waals surface area contributed by atoms with Crippen molar-refractivity contribution in [2.45, 2.75) is 13.0 Å². The Hall–Kier alpha value is -1.45. The van der Waals surface area contributed by atoms with Crippen molar-refractivity contribution in [3.63, 3.8) is 0 Å². The van der Waals surface area contributed by atoms with E-state index >= 15 is 0 Å². The first kappa shape index (κ1) is 11.0. The summed E-state index contributed by atoms with van der Waals surface area (Å²) in [6, 6.07) is 9.29. The maximum Gasteiger partial charge on any atom is 0.138 e. The van der Waals surface area contributed by atoms with Crippen LogP contribution in [0.3, 0.4) is 0 Å². The van der Waals surface area contributed by atoms with Gasteiger partial charge in [-0.1, -0.05) is 41.9 Å². The van der Waals surface area contributed by atoms with Crippen LogP contribution >= 0.6 is 11.6 Å². The Bertz CT molecular complexity index is 488. The molecule has 0 aliphatic carbocycles. The van der Waals surface area contributed by atoms with E-state index < -0.39 is 6.10 Å². The number of hydrogen-bond acceptors (Lipinski definition) is 3. The number of benzene rings is 1. The SMILES string of the molecule is Cc1ncc(C(O)c2ccccc2)c(Cl)n1. The first-order valence-corrected chi connectivity index (χ1v) is 5.28. The van der Waals surface area contributed by atoms with Crippen molar-refractivity contribution in [3.8, 4) is 0 Å². The van der Waals surface area contributed by atoms with Gasteiger partial charge in [0, 0.05) is 11.8 Å². The van der Waals surface area contributed by atoms with Crippen LogP contribution in [0.4, 0.5) is 0 Å². The summed E-state index contributed by atoms with van der Waals surface area (Å²) >= 11 is 5.96. The zero-order valence-electron chi connectivity index (χ0n) is 8.76. The van der Waals surface area contributed by atoms with Gasteiger partial charge in [0.05, 0.1) is 0 Å². The molecule has 1 N–H and O–H groups in total. The number of aliphatic hydroxyl groups excluding tert-OH is 1. The molecule has 1 unspecified atom stereocenters. The number of halogens is 1. The number of aromatic nitrogens is 2. The third kappa shape index (κ3) is 2.21. The maximum absolute atomic E-state index is 10.1. The van der Waals surface area contributed by atoms with Crippen molar-refractivity contribution >= 4 is 11.6 Å². The molecule has 0 saturated carbocycles. The van der Waals surface area contributed by atoms with Gasteiger partial charge in [-0.2, -0.15) is 0 Å². The van der Waals surface area contributed by atoms with Gasteiger partial charge in [-0.25, -0.2) is 9.97 Å². The Morgan fingerprint density at radius 1 is 1.25 bits per heavy atom. The highest BCUT2D eigenvalue weighted by Gasteiger charge is 2.14. The maximum atomic E-state index is 10.1. The van der Waals surface area contributed by atoms with Crippen LogP contribution in [0.1, 0.15) is 23.1 Å². The van der Waals surface area contributed by atoms with Crippen molar-refractivity contribution in [1.29, 1.82) is 0 Å². The number of rotatable bonds is 2. The van der Waals surface area contributed by atoms with Crippen molar-refractivity contribution in [2.24, 2.45) is 0 Å². The van der Waals surface area contributed by atoms with Gasteiger partial charge >= 0.3 is 0 Å². The lowest BCUT2D eigenvalue weighted by Gasteiger charge is -2.12. The van der Waals surface area contributed by atoms with Gasteiger partial charge in [0.15, 0.2) is 0 Å². The van der Waals surface area contributed by atoms with Crippen LogP contribution in [0.25, 0.3) is 0 Å². The molecular weight excluding hydrogens is 224 g/mol. The molecule has 82 valence electrons. The summed E-state index contributed by atoms with van der Waals surface area (Å²) in [5, 5.41) is 10.4. The topological polar surface area (TPSA) is 46.0 Å². The summed E-state index contributed by atoms with van der Waals surface area (Å²) in [6.07, 6.45) is 0.775. The van der Waals surface area contributed by atoms with Crippen LogP contribution in [0, 0.1) is 6.92 Å². The van der Waals surface area contributed by atoms with Crippen LogP contribution < -0.4 is 0 Å². The van der Waals surface area contributed by atoms with Crippen LogP contribution in [-0.2, 0) is 0 Å². The molecule has 0 fully saturated rings. The molecule has 0 radical (unpaired) electrons. The number of hydrogen-bond donors (Lipinski definition) is 1. The Labute approximate surface area is 98.8 Å². The third-order valence-corrected chi connectivity index (χ3v) is 2.60. The number of aliphatic hydroxyl groups is 1. The van der Waals surface area contributed by atoms with Gasteiger partial charge in [-0.3, -0.25) is 0 Å². The molecule has 1 heterocycles. The zero-order valence-corrected chi connectivity index (χ0v) is 9.52. The predicted molar refractivity (Wildman–Crippen MR) is 62.3 cm³/mol. The third-order valence-electron chi connectivity index (χ3n) is 2.30. The second-order valence-electron chi connectivity index (χ2n) is 3.48. The standard InChI is InChI=1S/C12H11ClN2O/c1-8-14-7-10(12(13)15-8)11(16)9-5-3-2-4-6-9/h2-7,11,16H,1H3. The second-order valence-corrected chi connectivity index (χ2v) is 3.83. The van der Waals surface area contributed by atoms with E-state index in [1.165, 1.54) is 0 Å². The Balaban J connectivity index is 2.38. The summed E-state index contributed by atoms with van der Waals surface area (Å²) in [5.74, 6) is 0.592. The normalized spacial score (nSPS) is 12.4. The van der Waals surface area contributed by atoms with E-state index in [1.54, 1.807) is 13.1 Å². The average Bonchev–Trinajstić information content (AvgIpc) is 2.29. The largest absolute Gasteiger partial charge is 0.383 e. The van der Waals surface area contributed by atoms with E-state index in [-0.39, 0.29) is 0 Å². The van der Waals surface area contributed by atoms with Crippen LogP contribution in [0.15, 0.2) is 36.5 Å². The summed E-state index contributed by atoms with van der Waals surface area (Å²) in [4.78, 5) is 8.05. The molecule has 2 rings (SSSR count). The monoisotopic (exact) mass is 234 g/mol. The summed E-state index contributed by atoms with van der Waals surface area (Å²) in [5.41, 5.74) is 1.30. The van der Waals surface area contributed by atoms with E-state index in [0.717, 1.165) is 5.56 Å². The Kier molecular flexibility index (Phi) is 3.17. The molecule has 0 saturated heterocycles. The highest BCUT2D eigenvalue weighted by Crippen LogP contribution is 2.25. The highest BCUT2D eigenvalue weighted by atomic mass is 35.5. The predicted octanol–water partition coefficient (Wildman–Crippen LogP) is 2.52. The van der Waals surface area contributed by atoms with Gasteiger partial charge in [0.1, 0.15) is 17.1 Å². The van der Waals surface area contributed by atoms with E-state index in [9.17, 15) is 5.11 Å². The fourth-order valence-electron chi connectivity index (χ4n) is 1.45. The molecule has 4 heteroatoms. The quantitative estimate of drug-likeness (QED) is 0.813. The van der Waals surface area contributed by atoms with Gasteiger partial charge in [-0.15, -0.1) is 0 Å². The highest BCUT2D eigenvalue weighted by molar-refractivity contribution is 6.30. The molecule has 0 aliphatic heterocycles. The fourth-order valence-corrected chi connectivity index (χ4v) is 1.72. The lowest BCUT2D eigenvalue weighted by Crippen LogP contribution is -2.03. The van der Waals surface area contributed by atoms with Crippen LogP contribution in [0.2, 0.25) is 5.15 Å². The Morgan fingerprint density at radius 3 is 2.56 bits per heavy atom. The van der Waals surface area contributed by atoms with Crippen molar-refractivity contribution < 1.29 is 5.11 Å². The lowest BCUT2D eigenvalue weighted by molar-refractivity contribution is 0.219. The summed E-state index contributed by atoms with van der Waals surface area (Å²) in [7, 11) is 0. The summed E-state index contributed by atoms with van der Waals surface area (Å²) < 4.78 is 0. The molecule has 3 nitrogen and oxygen atoms in total. The minimum absolute atomic E-state index is 0.295. The van der Waals surface area contributed by atoms with Crippen LogP contribution in [0.5, 0.6) is 0 Å². The molecule has 2 aromatic rings. The van der Waals surface area contributed by atoms with Gasteiger partial charge in [-0.05, 0) is 12.5 Å². The average molecular weight is 235 g/mol. The molecule has 1 atom stereocenters. The smallest absolute Gasteiger partial charge is 0.138 e. The van der Waals surface area contributed by atoms with Crippen molar-refractivity contribution in [1.82, 2.24) is 9.97 Å². The second kappa shape index (κ2) is 4.60. The summed E-state index contributed by atoms with van der Waals surface area (Å²) in [6.45, 7) is 1.75. The van der Waals surface area contributed by atoms with E-state index in [4.69, 9.17) is 11.6 Å². The molecule has 0 spiro atoms. The fraction of sp³-hybridized carbons (Fsp3) is 0.167. The number of nitrogens with zero attached hydrogens (tertiary/aromatic N) is 2. The van der Waals surface area contributed by atoms with Crippen molar-refractivity contribution in [2.75, 3.05) is 0 Å². The molecule has 1 aromatic heterocycles. The van der Waals surface area contributed by atoms with Gasteiger partial charge in [0.2, 0.25) is 0 Å². The molecule has 0 aliphatic rings. The van der Waals surface area contributed by atoms with Gasteiger partial charge in [0.25, 0.3) is 0 Å². The first-order valence-electron chi connectivity index (χ1n) is 4.90. The van der Waals surface area contributed by atoms with Crippen molar-refractivity contribution in [3.05, 3.63) is 58.6 Å². The number of aryl methyl sites for hydroxylation is 1. The van der Waals surface area contributed by atoms with Gasteiger partial charge < -0.3 is 5.11 Å². The minimum Gasteiger partial charge on any atom is -0.383 e. The molecular formula is C12H11ClN2O. The molecule has 1 aromatic carbocycles. The zero-order chi connectivity index (χ0) is 11.5. The Morgan fingerprint density at radius 2 is 1.94 bits per heavy atom.